The fraction of sp³-hybridized carbons (Fsp3) is 0.0968. The lowest BCUT2D eigenvalue weighted by molar-refractivity contribution is 0.0728. The zero-order valence-electron chi connectivity index (χ0n) is 21.3. The third kappa shape index (κ3) is 5.73. The molecule has 0 unspecified atom stereocenters. The van der Waals surface area contributed by atoms with Crippen LogP contribution in [0.2, 0.25) is 5.02 Å². The molecule has 194 valence electrons. The van der Waals surface area contributed by atoms with E-state index in [9.17, 15) is 9.59 Å². The maximum Gasteiger partial charge on any atom is 0.343 e. The van der Waals surface area contributed by atoms with Gasteiger partial charge in [-0.2, -0.15) is 9.78 Å². The molecule has 0 saturated carbocycles. The highest BCUT2D eigenvalue weighted by molar-refractivity contribution is 6.30. The number of benzene rings is 4. The highest BCUT2D eigenvalue weighted by atomic mass is 35.5. The topological polar surface area (TPSA) is 82.8 Å². The fourth-order valence-electron chi connectivity index (χ4n) is 3.95. The van der Waals surface area contributed by atoms with Gasteiger partial charge in [-0.3, -0.25) is 4.79 Å². The second kappa shape index (κ2) is 11.3. The number of hydrogen-bond acceptors (Lipinski definition) is 6. The number of para-hydroxylation sites is 1. The third-order valence-electron chi connectivity index (χ3n) is 5.94. The third-order valence-corrected chi connectivity index (χ3v) is 6.19. The summed E-state index contributed by atoms with van der Waals surface area (Å²) in [5, 5.41) is 5.50. The molecule has 39 heavy (non-hydrogen) atoms. The summed E-state index contributed by atoms with van der Waals surface area (Å²) in [4.78, 5) is 30.8. The molecule has 0 saturated heterocycles. The van der Waals surface area contributed by atoms with Crippen LogP contribution in [0.4, 0.5) is 0 Å². The van der Waals surface area contributed by atoms with Crippen molar-refractivity contribution in [1.82, 2.24) is 9.66 Å². The number of nitrogens with zero attached hydrogens (tertiary/aromatic N) is 3. The zero-order chi connectivity index (χ0) is 27.4. The van der Waals surface area contributed by atoms with Gasteiger partial charge in [0, 0.05) is 10.6 Å². The molecule has 0 aliphatic rings. The van der Waals surface area contributed by atoms with Crippen LogP contribution in [0.25, 0.3) is 22.3 Å². The van der Waals surface area contributed by atoms with Gasteiger partial charge in [0.1, 0.15) is 0 Å². The molecular formula is C31H24ClN3O4. The van der Waals surface area contributed by atoms with E-state index in [1.807, 2.05) is 44.2 Å². The Bertz CT molecular complexity index is 1740. The molecule has 0 spiro atoms. The van der Waals surface area contributed by atoms with E-state index in [-0.39, 0.29) is 11.3 Å². The molecule has 0 fully saturated rings. The zero-order valence-corrected chi connectivity index (χ0v) is 22.1. The molecule has 0 N–H and O–H groups in total. The number of carbonyl (C=O) groups excluding carboxylic acids is 1. The standard InChI is InChI=1S/C31H24ClN3O4/c1-3-38-28-18-21(10-17-27(28)39-31(37)23-13-15-24(32)16-14-23)19-33-35-29(22-11-8-20(2)9-12-22)34-26-7-5-4-6-25(26)30(35)36/h4-19H,3H2,1-2H3. The van der Waals surface area contributed by atoms with Crippen molar-refractivity contribution in [1.29, 1.82) is 0 Å². The number of rotatable bonds is 7. The van der Waals surface area contributed by atoms with Gasteiger partial charge in [-0.1, -0.05) is 53.6 Å². The van der Waals surface area contributed by atoms with Crippen molar-refractivity contribution in [2.75, 3.05) is 6.61 Å². The number of ether oxygens (including phenoxy) is 2. The van der Waals surface area contributed by atoms with Gasteiger partial charge < -0.3 is 9.47 Å². The minimum absolute atomic E-state index is 0.263. The first-order valence-electron chi connectivity index (χ1n) is 12.3. The Labute approximate surface area is 229 Å². The van der Waals surface area contributed by atoms with Crippen molar-refractivity contribution < 1.29 is 14.3 Å². The van der Waals surface area contributed by atoms with Gasteiger partial charge in [-0.15, -0.1) is 0 Å². The summed E-state index contributed by atoms with van der Waals surface area (Å²) in [7, 11) is 0. The van der Waals surface area contributed by atoms with Gasteiger partial charge in [-0.25, -0.2) is 9.78 Å². The van der Waals surface area contributed by atoms with Crippen LogP contribution in [-0.2, 0) is 0 Å². The van der Waals surface area contributed by atoms with Crippen LogP contribution in [0.15, 0.2) is 101 Å². The number of aromatic nitrogens is 2. The summed E-state index contributed by atoms with van der Waals surface area (Å²) in [6, 6.07) is 26.4. The second-order valence-electron chi connectivity index (χ2n) is 8.72. The molecule has 0 radical (unpaired) electrons. The summed E-state index contributed by atoms with van der Waals surface area (Å²) in [6.07, 6.45) is 1.54. The highest BCUT2D eigenvalue weighted by Gasteiger charge is 2.15. The van der Waals surface area contributed by atoms with E-state index < -0.39 is 5.97 Å². The fourth-order valence-corrected chi connectivity index (χ4v) is 4.07. The van der Waals surface area contributed by atoms with Crippen LogP contribution in [0.5, 0.6) is 11.5 Å². The van der Waals surface area contributed by atoms with Gasteiger partial charge in [0.25, 0.3) is 5.56 Å². The van der Waals surface area contributed by atoms with E-state index in [1.54, 1.807) is 66.9 Å². The molecule has 0 atom stereocenters. The van der Waals surface area contributed by atoms with Crippen molar-refractivity contribution >= 4 is 34.7 Å². The molecule has 0 bridgehead atoms. The molecule has 7 nitrogen and oxygen atoms in total. The lowest BCUT2D eigenvalue weighted by Gasteiger charge is -2.12. The smallest absolute Gasteiger partial charge is 0.343 e. The Morgan fingerprint density at radius 3 is 2.46 bits per heavy atom. The monoisotopic (exact) mass is 537 g/mol. The molecule has 0 amide bonds. The minimum Gasteiger partial charge on any atom is -0.490 e. The number of halogens is 1. The van der Waals surface area contributed by atoms with E-state index in [0.29, 0.717) is 45.2 Å². The molecular weight excluding hydrogens is 514 g/mol. The van der Waals surface area contributed by atoms with Crippen LogP contribution in [-0.4, -0.2) is 28.5 Å². The highest BCUT2D eigenvalue weighted by Crippen LogP contribution is 2.29. The molecule has 1 aromatic heterocycles. The van der Waals surface area contributed by atoms with Crippen molar-refractivity contribution in [2.24, 2.45) is 5.10 Å². The Morgan fingerprint density at radius 1 is 0.974 bits per heavy atom. The number of hydrogen-bond donors (Lipinski definition) is 0. The summed E-state index contributed by atoms with van der Waals surface area (Å²) in [6.45, 7) is 4.19. The Hall–Kier alpha value is -4.75. The predicted octanol–water partition coefficient (Wildman–Crippen LogP) is 6.53. The number of carbonyl (C=O) groups is 1. The molecule has 0 aliphatic heterocycles. The van der Waals surface area contributed by atoms with E-state index >= 15 is 0 Å². The number of esters is 1. The first-order valence-corrected chi connectivity index (χ1v) is 12.7. The lowest BCUT2D eigenvalue weighted by atomic mass is 10.1. The van der Waals surface area contributed by atoms with Gasteiger partial charge in [0.05, 0.1) is 29.3 Å². The average Bonchev–Trinajstić information content (AvgIpc) is 2.94. The minimum atomic E-state index is -0.537. The Morgan fingerprint density at radius 2 is 1.72 bits per heavy atom. The van der Waals surface area contributed by atoms with Gasteiger partial charge >= 0.3 is 5.97 Å². The molecule has 0 aliphatic carbocycles. The largest absolute Gasteiger partial charge is 0.490 e. The maximum absolute atomic E-state index is 13.4. The summed E-state index contributed by atoms with van der Waals surface area (Å²) in [5.74, 6) is 0.518. The second-order valence-corrected chi connectivity index (χ2v) is 9.15. The Kier molecular flexibility index (Phi) is 7.52. The van der Waals surface area contributed by atoms with Crippen molar-refractivity contribution in [3.63, 3.8) is 0 Å². The van der Waals surface area contributed by atoms with E-state index in [4.69, 9.17) is 26.1 Å². The first-order chi connectivity index (χ1) is 18.9. The molecule has 1 heterocycles. The summed E-state index contributed by atoms with van der Waals surface area (Å²) >= 11 is 5.91. The molecule has 5 rings (SSSR count). The predicted molar refractivity (Wildman–Crippen MR) is 153 cm³/mol. The van der Waals surface area contributed by atoms with Crippen molar-refractivity contribution in [2.45, 2.75) is 13.8 Å². The van der Waals surface area contributed by atoms with Gasteiger partial charge in [0.2, 0.25) is 0 Å². The van der Waals surface area contributed by atoms with Crippen molar-refractivity contribution in [3.8, 4) is 22.9 Å². The normalized spacial score (nSPS) is 11.2. The number of fused-ring (bicyclic) bond motifs is 1. The molecule has 8 heteroatoms. The van der Waals surface area contributed by atoms with Gasteiger partial charge in [-0.05, 0) is 74.0 Å². The summed E-state index contributed by atoms with van der Waals surface area (Å²) in [5.41, 5.74) is 3.16. The van der Waals surface area contributed by atoms with E-state index in [2.05, 4.69) is 5.10 Å². The van der Waals surface area contributed by atoms with Gasteiger partial charge in [0.15, 0.2) is 17.3 Å². The molecule has 5 aromatic rings. The van der Waals surface area contributed by atoms with Crippen LogP contribution in [0.3, 0.4) is 0 Å². The van der Waals surface area contributed by atoms with E-state index in [0.717, 1.165) is 11.1 Å². The number of aryl methyl sites for hydroxylation is 1. The van der Waals surface area contributed by atoms with Crippen LogP contribution in [0.1, 0.15) is 28.4 Å². The Balaban J connectivity index is 1.51. The van der Waals surface area contributed by atoms with Crippen molar-refractivity contribution in [3.05, 3.63) is 123 Å². The van der Waals surface area contributed by atoms with Crippen LogP contribution < -0.4 is 15.0 Å². The van der Waals surface area contributed by atoms with Crippen LogP contribution in [0, 0.1) is 6.92 Å². The average molecular weight is 538 g/mol. The van der Waals surface area contributed by atoms with E-state index in [1.165, 1.54) is 4.68 Å². The molecule has 4 aromatic carbocycles. The SMILES string of the molecule is CCOc1cc(C=Nn2c(-c3ccc(C)cc3)nc3ccccc3c2=O)ccc1OC(=O)c1ccc(Cl)cc1. The van der Waals surface area contributed by atoms with Crippen LogP contribution >= 0.6 is 11.6 Å². The first kappa shape index (κ1) is 25.9. The maximum atomic E-state index is 13.4. The quantitative estimate of drug-likeness (QED) is 0.134. The summed E-state index contributed by atoms with van der Waals surface area (Å²) < 4.78 is 12.6. The lowest BCUT2D eigenvalue weighted by Crippen LogP contribution is -2.20.